The van der Waals surface area contributed by atoms with Crippen LogP contribution in [0.3, 0.4) is 0 Å². The van der Waals surface area contributed by atoms with Gasteiger partial charge in [0, 0.05) is 38.8 Å². The number of nitrogens with zero attached hydrogens (tertiary/aromatic N) is 5. The Morgan fingerprint density at radius 2 is 1.98 bits per heavy atom. The lowest BCUT2D eigenvalue weighted by atomic mass is 9.74. The molecule has 0 atom stereocenters. The second-order valence-corrected chi connectivity index (χ2v) is 11.1. The Balaban J connectivity index is 1.11. The minimum Gasteiger partial charge on any atom is -0.349 e. The van der Waals surface area contributed by atoms with E-state index in [4.69, 9.17) is 16.1 Å². The molecule has 2 aliphatic heterocycles. The molecule has 6 rings (SSSR count). The first kappa shape index (κ1) is 26.5. The zero-order chi connectivity index (χ0) is 28.2. The number of carbonyl (C=O) groups is 2. The van der Waals surface area contributed by atoms with Gasteiger partial charge in [-0.1, -0.05) is 17.7 Å². The summed E-state index contributed by atoms with van der Waals surface area (Å²) in [5.41, 5.74) is -0.261. The van der Waals surface area contributed by atoms with Crippen molar-refractivity contribution in [2.24, 2.45) is 5.92 Å². The van der Waals surface area contributed by atoms with Crippen LogP contribution >= 0.6 is 11.6 Å². The SMILES string of the molecule is Cc1nc(N2CC3(C2)C(=O)N(CC2CCC(NC(=O)c4cc(Cl)cnc4C(F)F)CC2)c2cc(F)ccc23)no1. The average molecular weight is 575 g/mol. The molecular formula is C27H26ClF3N6O3. The molecule has 2 fully saturated rings. The molecule has 1 N–H and O–H groups in total. The number of alkyl halides is 2. The van der Waals surface area contributed by atoms with Gasteiger partial charge in [-0.25, -0.2) is 13.2 Å². The predicted octanol–water partition coefficient (Wildman–Crippen LogP) is 4.60. The van der Waals surface area contributed by atoms with Crippen LogP contribution in [0.2, 0.25) is 5.02 Å². The van der Waals surface area contributed by atoms with E-state index in [1.54, 1.807) is 17.9 Å². The molecule has 0 radical (unpaired) electrons. The first-order valence-electron chi connectivity index (χ1n) is 13.1. The van der Waals surface area contributed by atoms with Gasteiger partial charge in [-0.05, 0) is 60.5 Å². The molecule has 1 saturated carbocycles. The number of hydrogen-bond acceptors (Lipinski definition) is 7. The lowest BCUT2D eigenvalue weighted by molar-refractivity contribution is -0.124. The van der Waals surface area contributed by atoms with Crippen LogP contribution in [0.4, 0.5) is 24.8 Å². The zero-order valence-corrected chi connectivity index (χ0v) is 22.3. The summed E-state index contributed by atoms with van der Waals surface area (Å²) in [6.07, 6.45) is 0.825. The Morgan fingerprint density at radius 1 is 1.23 bits per heavy atom. The highest BCUT2D eigenvalue weighted by Gasteiger charge is 2.59. The summed E-state index contributed by atoms with van der Waals surface area (Å²) in [6.45, 7) is 2.87. The number of aromatic nitrogens is 3. The van der Waals surface area contributed by atoms with E-state index in [1.807, 2.05) is 4.90 Å². The van der Waals surface area contributed by atoms with Gasteiger partial charge < -0.3 is 19.6 Å². The molecule has 2 aromatic heterocycles. The molecule has 40 heavy (non-hydrogen) atoms. The number of hydrogen-bond donors (Lipinski definition) is 1. The number of nitrogens with one attached hydrogen (secondary N) is 1. The Morgan fingerprint density at radius 3 is 2.65 bits per heavy atom. The first-order valence-corrected chi connectivity index (χ1v) is 13.4. The number of aryl methyl sites for hydroxylation is 1. The zero-order valence-electron chi connectivity index (χ0n) is 21.5. The van der Waals surface area contributed by atoms with Gasteiger partial charge in [-0.3, -0.25) is 14.6 Å². The van der Waals surface area contributed by atoms with Crippen molar-refractivity contribution in [3.05, 3.63) is 64.0 Å². The van der Waals surface area contributed by atoms with Crippen LogP contribution in [0.25, 0.3) is 0 Å². The molecule has 9 nitrogen and oxygen atoms in total. The standard InChI is InChI=1S/C27H26ClF3N6O3/c1-14-33-26(35-40-14)36-12-27(13-36)20-7-4-17(29)9-21(20)37(25(27)39)11-15-2-5-18(6-3-15)34-24(38)19-8-16(28)10-32-22(19)23(30)31/h4,7-10,15,18,23H,2-3,5-6,11-13H2,1H3,(H,34,38). The molecule has 1 aliphatic carbocycles. The summed E-state index contributed by atoms with van der Waals surface area (Å²) >= 11 is 5.88. The maximum atomic E-state index is 14.3. The lowest BCUT2D eigenvalue weighted by Gasteiger charge is -2.46. The third kappa shape index (κ3) is 4.57. The molecule has 2 amide bonds. The molecular weight excluding hydrogens is 549 g/mol. The van der Waals surface area contributed by atoms with Crippen LogP contribution in [-0.2, 0) is 10.2 Å². The number of halogens is 4. The van der Waals surface area contributed by atoms with E-state index in [2.05, 4.69) is 20.4 Å². The molecule has 3 aliphatic rings. The van der Waals surface area contributed by atoms with E-state index in [0.717, 1.165) is 11.8 Å². The van der Waals surface area contributed by atoms with Gasteiger partial charge in [0.15, 0.2) is 0 Å². The van der Waals surface area contributed by atoms with Gasteiger partial charge in [-0.15, -0.1) is 0 Å². The molecule has 4 heterocycles. The van der Waals surface area contributed by atoms with Crippen molar-refractivity contribution in [1.82, 2.24) is 20.4 Å². The first-order chi connectivity index (χ1) is 19.1. The van der Waals surface area contributed by atoms with Gasteiger partial charge in [0.1, 0.15) is 16.9 Å². The average Bonchev–Trinajstić information content (AvgIpc) is 3.42. The molecule has 0 bridgehead atoms. The van der Waals surface area contributed by atoms with Crippen molar-refractivity contribution in [2.45, 2.75) is 50.5 Å². The Labute approximate surface area is 232 Å². The van der Waals surface area contributed by atoms with Crippen molar-refractivity contribution in [3.8, 4) is 0 Å². The highest BCUT2D eigenvalue weighted by molar-refractivity contribution is 6.30. The molecule has 0 unspecified atom stereocenters. The van der Waals surface area contributed by atoms with Crippen LogP contribution < -0.4 is 15.1 Å². The minimum atomic E-state index is -2.90. The van der Waals surface area contributed by atoms with E-state index in [9.17, 15) is 22.8 Å². The van der Waals surface area contributed by atoms with Gasteiger partial charge in [0.2, 0.25) is 11.8 Å². The van der Waals surface area contributed by atoms with Crippen molar-refractivity contribution in [3.63, 3.8) is 0 Å². The number of carbonyl (C=O) groups excluding carboxylic acids is 2. The van der Waals surface area contributed by atoms with E-state index in [-0.39, 0.29) is 28.5 Å². The summed E-state index contributed by atoms with van der Waals surface area (Å²) in [5.74, 6) is -0.141. The maximum Gasteiger partial charge on any atom is 0.281 e. The van der Waals surface area contributed by atoms with Crippen molar-refractivity contribution in [2.75, 3.05) is 29.4 Å². The second kappa shape index (κ2) is 10.1. The van der Waals surface area contributed by atoms with Crippen LogP contribution in [0.1, 0.15) is 59.6 Å². The second-order valence-electron chi connectivity index (χ2n) is 10.7. The Bertz CT molecular complexity index is 1470. The number of anilines is 2. The number of benzene rings is 1. The molecule has 1 aromatic carbocycles. The molecule has 3 aromatic rings. The van der Waals surface area contributed by atoms with Crippen LogP contribution in [-0.4, -0.2) is 52.6 Å². The van der Waals surface area contributed by atoms with Crippen LogP contribution in [0, 0.1) is 18.7 Å². The number of fused-ring (bicyclic) bond motifs is 2. The minimum absolute atomic E-state index is 0.0759. The van der Waals surface area contributed by atoms with Gasteiger partial charge in [0.25, 0.3) is 18.3 Å². The number of amides is 2. The van der Waals surface area contributed by atoms with Crippen LogP contribution in [0.15, 0.2) is 35.0 Å². The van der Waals surface area contributed by atoms with Crippen molar-refractivity contribution in [1.29, 1.82) is 0 Å². The summed E-state index contributed by atoms with van der Waals surface area (Å²) < 4.78 is 46.1. The van der Waals surface area contributed by atoms with Gasteiger partial charge in [0.05, 0.1) is 16.3 Å². The Kier molecular flexibility index (Phi) is 6.68. The fourth-order valence-electron chi connectivity index (χ4n) is 6.08. The van der Waals surface area contributed by atoms with Crippen molar-refractivity contribution >= 4 is 35.1 Å². The van der Waals surface area contributed by atoms with E-state index in [1.165, 1.54) is 18.2 Å². The highest BCUT2D eigenvalue weighted by Crippen LogP contribution is 2.49. The summed E-state index contributed by atoms with van der Waals surface area (Å²) in [7, 11) is 0. The van der Waals surface area contributed by atoms with Gasteiger partial charge in [-0.2, -0.15) is 4.98 Å². The number of rotatable bonds is 6. The van der Waals surface area contributed by atoms with E-state index < -0.39 is 29.3 Å². The quantitative estimate of drug-likeness (QED) is 0.459. The van der Waals surface area contributed by atoms with Gasteiger partial charge >= 0.3 is 0 Å². The summed E-state index contributed by atoms with van der Waals surface area (Å²) in [5, 5.41) is 6.88. The summed E-state index contributed by atoms with van der Waals surface area (Å²) in [4.78, 5) is 38.0. The molecule has 13 heteroatoms. The largest absolute Gasteiger partial charge is 0.349 e. The highest BCUT2D eigenvalue weighted by atomic mass is 35.5. The predicted molar refractivity (Wildman–Crippen MR) is 139 cm³/mol. The third-order valence-corrected chi connectivity index (χ3v) is 8.31. The monoisotopic (exact) mass is 574 g/mol. The van der Waals surface area contributed by atoms with E-state index in [0.29, 0.717) is 62.8 Å². The number of pyridine rings is 1. The lowest BCUT2D eigenvalue weighted by Crippen LogP contribution is -2.64. The van der Waals surface area contributed by atoms with Crippen molar-refractivity contribution < 1.29 is 27.3 Å². The molecule has 1 saturated heterocycles. The van der Waals surface area contributed by atoms with E-state index >= 15 is 0 Å². The fourth-order valence-corrected chi connectivity index (χ4v) is 6.24. The Hall–Kier alpha value is -3.67. The smallest absolute Gasteiger partial charge is 0.281 e. The third-order valence-electron chi connectivity index (χ3n) is 8.10. The normalized spacial score (nSPS) is 21.6. The molecule has 1 spiro atoms. The topological polar surface area (TPSA) is 104 Å². The molecule has 210 valence electrons. The maximum absolute atomic E-state index is 14.3. The fraction of sp³-hybridized carbons (Fsp3) is 0.444. The summed E-state index contributed by atoms with van der Waals surface area (Å²) in [6, 6.07) is 5.46. The van der Waals surface area contributed by atoms with Crippen LogP contribution in [0.5, 0.6) is 0 Å².